The maximum absolute atomic E-state index is 13.7. The summed E-state index contributed by atoms with van der Waals surface area (Å²) < 4.78 is 23.7. The van der Waals surface area contributed by atoms with Crippen LogP contribution in [0.2, 0.25) is 0 Å². The number of halogens is 1. The molecule has 2 rings (SSSR count). The summed E-state index contributed by atoms with van der Waals surface area (Å²) in [6.45, 7) is 2.45. The minimum atomic E-state index is -0.458. The lowest BCUT2D eigenvalue weighted by Crippen LogP contribution is -1.96. The highest BCUT2D eigenvalue weighted by Gasteiger charge is 2.12. The second-order valence-corrected chi connectivity index (χ2v) is 3.29. The van der Waals surface area contributed by atoms with E-state index in [0.29, 0.717) is 12.4 Å². The van der Waals surface area contributed by atoms with Gasteiger partial charge in [-0.05, 0) is 19.1 Å². The van der Waals surface area contributed by atoms with Gasteiger partial charge in [-0.25, -0.2) is 4.39 Å². The fraction of sp³-hybridized carbons (Fsp3) is 0.273. The molecular weight excluding hydrogens is 225 g/mol. The summed E-state index contributed by atoms with van der Waals surface area (Å²) in [4.78, 5) is 3.95. The van der Waals surface area contributed by atoms with E-state index in [1.54, 1.807) is 12.1 Å². The number of hydrogen-bond donors (Lipinski definition) is 1. The molecule has 0 bridgehead atoms. The second-order valence-electron chi connectivity index (χ2n) is 3.29. The smallest absolute Gasteiger partial charge is 0.240 e. The molecule has 1 heterocycles. The number of ether oxygens (including phenoxy) is 1. The van der Waals surface area contributed by atoms with Crippen molar-refractivity contribution in [2.75, 3.05) is 6.61 Å². The predicted octanol–water partition coefficient (Wildman–Crippen LogP) is 1.73. The van der Waals surface area contributed by atoms with Gasteiger partial charge in [0.25, 0.3) is 0 Å². The van der Waals surface area contributed by atoms with Crippen LogP contribution in [0.25, 0.3) is 11.4 Å². The van der Waals surface area contributed by atoms with Crippen LogP contribution in [-0.4, -0.2) is 16.7 Å². The van der Waals surface area contributed by atoms with Crippen molar-refractivity contribution < 1.29 is 13.7 Å². The molecule has 6 heteroatoms. The molecule has 0 fully saturated rings. The average molecular weight is 237 g/mol. The molecule has 5 nitrogen and oxygen atoms in total. The quantitative estimate of drug-likeness (QED) is 0.876. The molecule has 0 spiro atoms. The third-order valence-corrected chi connectivity index (χ3v) is 2.14. The van der Waals surface area contributed by atoms with E-state index < -0.39 is 5.82 Å². The van der Waals surface area contributed by atoms with E-state index in [-0.39, 0.29) is 23.8 Å². The van der Waals surface area contributed by atoms with Crippen molar-refractivity contribution in [3.63, 3.8) is 0 Å². The highest BCUT2D eigenvalue weighted by molar-refractivity contribution is 5.56. The van der Waals surface area contributed by atoms with Crippen LogP contribution in [0.3, 0.4) is 0 Å². The lowest BCUT2D eigenvalue weighted by atomic mass is 10.2. The molecule has 0 amide bonds. The largest absolute Gasteiger partial charge is 0.494 e. The zero-order chi connectivity index (χ0) is 12.3. The van der Waals surface area contributed by atoms with E-state index in [9.17, 15) is 4.39 Å². The molecule has 2 N–H and O–H groups in total. The Bertz CT molecular complexity index is 513. The van der Waals surface area contributed by atoms with Crippen molar-refractivity contribution in [1.82, 2.24) is 10.1 Å². The Labute approximate surface area is 97.4 Å². The summed E-state index contributed by atoms with van der Waals surface area (Å²) in [5.41, 5.74) is 5.59. The van der Waals surface area contributed by atoms with Crippen LogP contribution in [0, 0.1) is 5.82 Å². The molecule has 1 aromatic carbocycles. The summed E-state index contributed by atoms with van der Waals surface area (Å²) in [5, 5.41) is 3.65. The Morgan fingerprint density at radius 1 is 1.47 bits per heavy atom. The number of rotatable bonds is 4. The van der Waals surface area contributed by atoms with Gasteiger partial charge in [-0.15, -0.1) is 0 Å². The summed E-state index contributed by atoms with van der Waals surface area (Å²) in [6, 6.07) is 4.49. The Morgan fingerprint density at radius 2 is 2.29 bits per heavy atom. The average Bonchev–Trinajstić information content (AvgIpc) is 2.78. The first kappa shape index (κ1) is 11.5. The normalized spacial score (nSPS) is 10.5. The van der Waals surface area contributed by atoms with Crippen LogP contribution < -0.4 is 10.5 Å². The highest BCUT2D eigenvalue weighted by Crippen LogP contribution is 2.24. The number of hydrogen-bond acceptors (Lipinski definition) is 5. The lowest BCUT2D eigenvalue weighted by Gasteiger charge is -2.04. The second kappa shape index (κ2) is 4.92. The van der Waals surface area contributed by atoms with Gasteiger partial charge in [0.1, 0.15) is 11.6 Å². The SMILES string of the molecule is CCOc1ccc(-c2noc(CN)n2)c(F)c1. The zero-order valence-electron chi connectivity index (χ0n) is 9.31. The van der Waals surface area contributed by atoms with Crippen LogP contribution in [0.1, 0.15) is 12.8 Å². The van der Waals surface area contributed by atoms with Crippen molar-refractivity contribution in [3.8, 4) is 17.1 Å². The molecule has 17 heavy (non-hydrogen) atoms. The van der Waals surface area contributed by atoms with Gasteiger partial charge >= 0.3 is 0 Å². The first-order valence-corrected chi connectivity index (χ1v) is 5.20. The van der Waals surface area contributed by atoms with Gasteiger partial charge in [0, 0.05) is 6.07 Å². The summed E-state index contributed by atoms with van der Waals surface area (Å²) in [7, 11) is 0. The van der Waals surface area contributed by atoms with E-state index >= 15 is 0 Å². The third-order valence-electron chi connectivity index (χ3n) is 2.14. The molecule has 0 unspecified atom stereocenters. The lowest BCUT2D eigenvalue weighted by molar-refractivity contribution is 0.338. The minimum Gasteiger partial charge on any atom is -0.494 e. The van der Waals surface area contributed by atoms with Crippen LogP contribution in [-0.2, 0) is 6.54 Å². The Morgan fingerprint density at radius 3 is 2.88 bits per heavy atom. The topological polar surface area (TPSA) is 74.2 Å². The third kappa shape index (κ3) is 2.42. The Balaban J connectivity index is 2.32. The molecule has 0 aliphatic carbocycles. The van der Waals surface area contributed by atoms with E-state index in [1.807, 2.05) is 6.92 Å². The van der Waals surface area contributed by atoms with Crippen molar-refractivity contribution >= 4 is 0 Å². The molecule has 90 valence electrons. The molecular formula is C11H12FN3O2. The van der Waals surface area contributed by atoms with E-state index in [0.717, 1.165) is 0 Å². The van der Waals surface area contributed by atoms with Crippen molar-refractivity contribution in [1.29, 1.82) is 0 Å². The van der Waals surface area contributed by atoms with Gasteiger partial charge in [0.15, 0.2) is 0 Å². The standard InChI is InChI=1S/C11H12FN3O2/c1-2-16-7-3-4-8(9(12)5-7)11-14-10(6-13)17-15-11/h3-5H,2,6,13H2,1H3. The zero-order valence-corrected chi connectivity index (χ0v) is 9.31. The van der Waals surface area contributed by atoms with Crippen LogP contribution in [0.5, 0.6) is 5.75 Å². The Hall–Kier alpha value is -1.95. The number of nitrogens with zero attached hydrogens (tertiary/aromatic N) is 2. The van der Waals surface area contributed by atoms with Gasteiger partial charge in [-0.2, -0.15) is 4.98 Å². The molecule has 2 aromatic rings. The molecule has 0 saturated carbocycles. The number of nitrogens with two attached hydrogens (primary N) is 1. The van der Waals surface area contributed by atoms with Gasteiger partial charge in [-0.3, -0.25) is 0 Å². The molecule has 1 aromatic heterocycles. The molecule has 0 radical (unpaired) electrons. The highest BCUT2D eigenvalue weighted by atomic mass is 19.1. The molecule has 0 aliphatic rings. The minimum absolute atomic E-state index is 0.131. The van der Waals surface area contributed by atoms with Crippen LogP contribution in [0.15, 0.2) is 22.7 Å². The van der Waals surface area contributed by atoms with Gasteiger partial charge in [-0.1, -0.05) is 5.16 Å². The van der Waals surface area contributed by atoms with Gasteiger partial charge in [0.2, 0.25) is 11.7 Å². The van der Waals surface area contributed by atoms with Crippen molar-refractivity contribution in [3.05, 3.63) is 29.9 Å². The molecule has 0 atom stereocenters. The molecule has 0 aliphatic heterocycles. The van der Waals surface area contributed by atoms with Gasteiger partial charge < -0.3 is 15.0 Å². The summed E-state index contributed by atoms with van der Waals surface area (Å²) in [5.74, 6) is 0.468. The fourth-order valence-electron chi connectivity index (χ4n) is 1.38. The Kier molecular flexibility index (Phi) is 3.34. The predicted molar refractivity (Wildman–Crippen MR) is 58.8 cm³/mol. The van der Waals surface area contributed by atoms with Crippen molar-refractivity contribution in [2.24, 2.45) is 5.73 Å². The number of aromatic nitrogens is 2. The van der Waals surface area contributed by atoms with E-state index in [1.165, 1.54) is 6.07 Å². The van der Waals surface area contributed by atoms with E-state index in [2.05, 4.69) is 10.1 Å². The van der Waals surface area contributed by atoms with Crippen molar-refractivity contribution in [2.45, 2.75) is 13.5 Å². The van der Waals surface area contributed by atoms with Crippen LogP contribution >= 0.6 is 0 Å². The maximum Gasteiger partial charge on any atom is 0.240 e. The monoisotopic (exact) mass is 237 g/mol. The van der Waals surface area contributed by atoms with Crippen LogP contribution in [0.4, 0.5) is 4.39 Å². The maximum atomic E-state index is 13.7. The summed E-state index contributed by atoms with van der Waals surface area (Å²) >= 11 is 0. The first-order chi connectivity index (χ1) is 8.24. The van der Waals surface area contributed by atoms with E-state index in [4.69, 9.17) is 15.0 Å². The fourth-order valence-corrected chi connectivity index (χ4v) is 1.38. The number of benzene rings is 1. The molecule has 0 saturated heterocycles. The first-order valence-electron chi connectivity index (χ1n) is 5.20. The van der Waals surface area contributed by atoms with Gasteiger partial charge in [0.05, 0.1) is 18.7 Å². The summed E-state index contributed by atoms with van der Waals surface area (Å²) in [6.07, 6.45) is 0.